The van der Waals surface area contributed by atoms with Gasteiger partial charge >= 0.3 is 0 Å². The normalized spacial score (nSPS) is 17.0. The van der Waals surface area contributed by atoms with Crippen molar-refractivity contribution in [3.63, 3.8) is 0 Å². The summed E-state index contributed by atoms with van der Waals surface area (Å²) in [5, 5.41) is 5.51. The maximum absolute atomic E-state index is 5.68. The molecule has 2 aromatic rings. The van der Waals surface area contributed by atoms with Crippen molar-refractivity contribution in [2.45, 2.75) is 45.4 Å². The van der Waals surface area contributed by atoms with E-state index in [1.54, 1.807) is 7.11 Å². The Kier molecular flexibility index (Phi) is 5.21. The molecule has 0 unspecified atom stereocenters. The van der Waals surface area contributed by atoms with E-state index in [4.69, 9.17) is 9.26 Å². The standard InChI is InChI=1S/C19H28N2O2/c1-4-5-15-12-16(22-3)13-17-18(20-23-19(15)17)7-6-14-8-10-21(2)11-9-14/h12-14H,4-11H2,1-3H3. The van der Waals surface area contributed by atoms with Crippen LogP contribution in [0.3, 0.4) is 0 Å². The molecular weight excluding hydrogens is 288 g/mol. The van der Waals surface area contributed by atoms with Crippen molar-refractivity contribution in [1.29, 1.82) is 0 Å². The van der Waals surface area contributed by atoms with Gasteiger partial charge in [0.25, 0.3) is 0 Å². The second-order valence-corrected chi connectivity index (χ2v) is 6.83. The first-order valence-electron chi connectivity index (χ1n) is 8.85. The van der Waals surface area contributed by atoms with Crippen molar-refractivity contribution in [3.05, 3.63) is 23.4 Å². The fraction of sp³-hybridized carbons (Fsp3) is 0.632. The first-order chi connectivity index (χ1) is 11.2. The van der Waals surface area contributed by atoms with E-state index in [-0.39, 0.29) is 0 Å². The summed E-state index contributed by atoms with van der Waals surface area (Å²) in [5.74, 6) is 1.73. The second kappa shape index (κ2) is 7.35. The Morgan fingerprint density at radius 3 is 2.74 bits per heavy atom. The van der Waals surface area contributed by atoms with Crippen LogP contribution in [0.5, 0.6) is 5.75 Å². The lowest BCUT2D eigenvalue weighted by atomic mass is 9.91. The Bertz CT molecular complexity index is 642. The van der Waals surface area contributed by atoms with Crippen LogP contribution in [-0.2, 0) is 12.8 Å². The SMILES string of the molecule is CCCc1cc(OC)cc2c(CCC3CCN(C)CC3)noc12. The van der Waals surface area contributed by atoms with Crippen LogP contribution in [0.15, 0.2) is 16.7 Å². The maximum Gasteiger partial charge on any atom is 0.170 e. The van der Waals surface area contributed by atoms with Gasteiger partial charge in [0.05, 0.1) is 12.8 Å². The Balaban J connectivity index is 1.77. The third-order valence-corrected chi connectivity index (χ3v) is 5.08. The predicted octanol–water partition coefficient (Wildman–Crippen LogP) is 4.06. The van der Waals surface area contributed by atoms with E-state index in [1.807, 2.05) is 0 Å². The molecule has 4 nitrogen and oxygen atoms in total. The van der Waals surface area contributed by atoms with E-state index in [0.717, 1.165) is 47.6 Å². The van der Waals surface area contributed by atoms with Crippen LogP contribution in [0.4, 0.5) is 0 Å². The molecule has 1 saturated heterocycles. The number of likely N-dealkylation sites (tertiary alicyclic amines) is 1. The molecule has 0 N–H and O–H groups in total. The average Bonchev–Trinajstić information content (AvgIpc) is 2.98. The highest BCUT2D eigenvalue weighted by Crippen LogP contribution is 2.30. The number of rotatable bonds is 6. The fourth-order valence-electron chi connectivity index (χ4n) is 3.58. The lowest BCUT2D eigenvalue weighted by Crippen LogP contribution is -2.30. The van der Waals surface area contributed by atoms with Crippen LogP contribution in [0.1, 0.15) is 43.9 Å². The van der Waals surface area contributed by atoms with Crippen molar-refractivity contribution in [1.82, 2.24) is 10.1 Å². The van der Waals surface area contributed by atoms with E-state index in [2.05, 4.69) is 36.2 Å². The van der Waals surface area contributed by atoms with Gasteiger partial charge in [0.15, 0.2) is 5.58 Å². The summed E-state index contributed by atoms with van der Waals surface area (Å²) in [5.41, 5.74) is 3.25. The molecule has 0 radical (unpaired) electrons. The van der Waals surface area contributed by atoms with Crippen molar-refractivity contribution >= 4 is 11.0 Å². The molecule has 1 aromatic carbocycles. The number of nitrogens with zero attached hydrogens (tertiary/aromatic N) is 2. The highest BCUT2D eigenvalue weighted by Gasteiger charge is 2.19. The molecule has 1 aliphatic rings. The number of piperidine rings is 1. The highest BCUT2D eigenvalue weighted by atomic mass is 16.5. The lowest BCUT2D eigenvalue weighted by molar-refractivity contribution is 0.212. The molecule has 2 heterocycles. The summed E-state index contributed by atoms with van der Waals surface area (Å²) < 4.78 is 11.1. The smallest absolute Gasteiger partial charge is 0.170 e. The van der Waals surface area contributed by atoms with Gasteiger partial charge in [0.2, 0.25) is 0 Å². The van der Waals surface area contributed by atoms with E-state index in [0.29, 0.717) is 0 Å². The minimum atomic E-state index is 0.818. The van der Waals surface area contributed by atoms with Crippen LogP contribution in [0.25, 0.3) is 11.0 Å². The summed E-state index contributed by atoms with van der Waals surface area (Å²) in [6.45, 7) is 4.63. The van der Waals surface area contributed by atoms with Gasteiger partial charge in [0.1, 0.15) is 5.75 Å². The summed E-state index contributed by atoms with van der Waals surface area (Å²) in [4.78, 5) is 2.42. The van der Waals surface area contributed by atoms with Crippen LogP contribution >= 0.6 is 0 Å². The zero-order valence-corrected chi connectivity index (χ0v) is 14.6. The van der Waals surface area contributed by atoms with Gasteiger partial charge in [-0.05, 0) is 70.3 Å². The molecule has 0 bridgehead atoms. The second-order valence-electron chi connectivity index (χ2n) is 6.83. The minimum absolute atomic E-state index is 0.818. The third kappa shape index (κ3) is 3.69. The lowest BCUT2D eigenvalue weighted by Gasteiger charge is -2.28. The molecular formula is C19H28N2O2. The first kappa shape index (κ1) is 16.3. The first-order valence-corrected chi connectivity index (χ1v) is 8.85. The van der Waals surface area contributed by atoms with Gasteiger partial charge in [-0.15, -0.1) is 0 Å². The summed E-state index contributed by atoms with van der Waals surface area (Å²) >= 11 is 0. The molecule has 0 atom stereocenters. The van der Waals surface area contributed by atoms with Crippen LogP contribution in [-0.4, -0.2) is 37.3 Å². The monoisotopic (exact) mass is 316 g/mol. The number of fused-ring (bicyclic) bond motifs is 1. The number of ether oxygens (including phenoxy) is 1. The number of aryl methyl sites for hydroxylation is 2. The quantitative estimate of drug-likeness (QED) is 0.805. The third-order valence-electron chi connectivity index (χ3n) is 5.08. The molecule has 3 rings (SSSR count). The van der Waals surface area contributed by atoms with Crippen molar-refractivity contribution < 1.29 is 9.26 Å². The highest BCUT2D eigenvalue weighted by molar-refractivity contribution is 5.84. The number of benzene rings is 1. The van der Waals surface area contributed by atoms with Gasteiger partial charge in [0, 0.05) is 10.9 Å². The molecule has 1 fully saturated rings. The number of hydrogen-bond acceptors (Lipinski definition) is 4. The van der Waals surface area contributed by atoms with Crippen molar-refractivity contribution in [3.8, 4) is 5.75 Å². The van der Waals surface area contributed by atoms with Gasteiger partial charge in [-0.2, -0.15) is 0 Å². The van der Waals surface area contributed by atoms with Crippen LogP contribution in [0.2, 0.25) is 0 Å². The van der Waals surface area contributed by atoms with Crippen LogP contribution < -0.4 is 4.74 Å². The van der Waals surface area contributed by atoms with Gasteiger partial charge in [-0.3, -0.25) is 0 Å². The molecule has 1 aliphatic heterocycles. The summed E-state index contributed by atoms with van der Waals surface area (Å²) in [6, 6.07) is 4.16. The molecule has 0 amide bonds. The molecule has 126 valence electrons. The van der Waals surface area contributed by atoms with Gasteiger partial charge in [-0.1, -0.05) is 18.5 Å². The summed E-state index contributed by atoms with van der Waals surface area (Å²) in [7, 11) is 3.94. The Morgan fingerprint density at radius 1 is 1.26 bits per heavy atom. The molecule has 0 aliphatic carbocycles. The number of aromatic nitrogens is 1. The van der Waals surface area contributed by atoms with E-state index in [1.165, 1.54) is 37.9 Å². The Labute approximate surface area is 138 Å². The topological polar surface area (TPSA) is 38.5 Å². The largest absolute Gasteiger partial charge is 0.497 e. The van der Waals surface area contributed by atoms with E-state index >= 15 is 0 Å². The molecule has 0 spiro atoms. The molecule has 23 heavy (non-hydrogen) atoms. The number of hydrogen-bond donors (Lipinski definition) is 0. The zero-order chi connectivity index (χ0) is 16.2. The van der Waals surface area contributed by atoms with Gasteiger partial charge in [-0.25, -0.2) is 0 Å². The Morgan fingerprint density at radius 2 is 2.04 bits per heavy atom. The van der Waals surface area contributed by atoms with E-state index in [9.17, 15) is 0 Å². The maximum atomic E-state index is 5.68. The molecule has 1 aromatic heterocycles. The Hall–Kier alpha value is -1.55. The van der Waals surface area contributed by atoms with E-state index < -0.39 is 0 Å². The molecule has 4 heteroatoms. The average molecular weight is 316 g/mol. The van der Waals surface area contributed by atoms with Crippen molar-refractivity contribution in [2.75, 3.05) is 27.2 Å². The zero-order valence-electron chi connectivity index (χ0n) is 14.6. The predicted molar refractivity (Wildman–Crippen MR) is 93.1 cm³/mol. The summed E-state index contributed by atoms with van der Waals surface area (Å²) in [6.07, 6.45) is 6.90. The minimum Gasteiger partial charge on any atom is -0.497 e. The van der Waals surface area contributed by atoms with Crippen molar-refractivity contribution in [2.24, 2.45) is 5.92 Å². The van der Waals surface area contributed by atoms with Gasteiger partial charge < -0.3 is 14.2 Å². The molecule has 0 saturated carbocycles. The number of methoxy groups -OCH3 is 1. The van der Waals surface area contributed by atoms with Crippen LogP contribution in [0, 0.1) is 5.92 Å². The fourth-order valence-corrected chi connectivity index (χ4v) is 3.58.